The second-order valence-corrected chi connectivity index (χ2v) is 12.1. The molecule has 218 valence electrons. The molecule has 0 spiro atoms. The molecular formula is C32H35Cl3FN3O2. The Morgan fingerprint density at radius 3 is 2.63 bits per heavy atom. The van der Waals surface area contributed by atoms with E-state index in [1.807, 2.05) is 30.3 Å². The maximum atomic E-state index is 14.0. The first-order valence-electron chi connectivity index (χ1n) is 14.2. The molecule has 0 saturated carbocycles. The van der Waals surface area contributed by atoms with Crippen LogP contribution in [0.4, 0.5) is 4.39 Å². The molecular weight excluding hydrogens is 584 g/mol. The van der Waals surface area contributed by atoms with Crippen LogP contribution in [0.15, 0.2) is 66.2 Å². The molecule has 0 fully saturated rings. The zero-order chi connectivity index (χ0) is 29.1. The van der Waals surface area contributed by atoms with Crippen molar-refractivity contribution >= 4 is 46.3 Å². The lowest BCUT2D eigenvalue weighted by molar-refractivity contribution is 0.0948. The number of benzene rings is 2. The topological polar surface area (TPSA) is 62.4 Å². The molecule has 1 aliphatic carbocycles. The number of alkyl halides is 1. The summed E-state index contributed by atoms with van der Waals surface area (Å²) in [7, 11) is 0. The van der Waals surface area contributed by atoms with Gasteiger partial charge in [0.2, 0.25) is 6.23 Å². The number of rotatable bonds is 9. The number of nitrogens with one attached hydrogen (secondary N) is 3. The molecule has 0 bridgehead atoms. The largest absolute Gasteiger partial charge is 0.463 e. The Balaban J connectivity index is 1.19. The highest BCUT2D eigenvalue weighted by molar-refractivity contribution is 6.36. The Bertz CT molecular complexity index is 1370. The monoisotopic (exact) mass is 617 g/mol. The van der Waals surface area contributed by atoms with E-state index in [0.717, 1.165) is 36.8 Å². The van der Waals surface area contributed by atoms with E-state index in [9.17, 15) is 9.18 Å². The summed E-state index contributed by atoms with van der Waals surface area (Å²) in [4.78, 5) is 12.9. The van der Waals surface area contributed by atoms with E-state index in [4.69, 9.17) is 39.5 Å². The summed E-state index contributed by atoms with van der Waals surface area (Å²) in [6, 6.07) is 10.2. The molecule has 9 heteroatoms. The molecule has 2 aromatic rings. The molecule has 4 atom stereocenters. The molecule has 3 N–H and O–H groups in total. The third kappa shape index (κ3) is 6.40. The first kappa shape index (κ1) is 29.8. The molecule has 2 aromatic carbocycles. The maximum absolute atomic E-state index is 14.0. The van der Waals surface area contributed by atoms with Crippen molar-refractivity contribution in [3.8, 4) is 0 Å². The van der Waals surface area contributed by atoms with Gasteiger partial charge in [0, 0.05) is 24.0 Å². The van der Waals surface area contributed by atoms with Crippen LogP contribution in [0, 0.1) is 23.6 Å². The lowest BCUT2D eigenvalue weighted by Crippen LogP contribution is -2.34. The Labute approximate surface area is 256 Å². The van der Waals surface area contributed by atoms with E-state index in [-0.39, 0.29) is 16.3 Å². The van der Waals surface area contributed by atoms with Crippen LogP contribution in [0.5, 0.6) is 0 Å². The summed E-state index contributed by atoms with van der Waals surface area (Å²) in [6.45, 7) is 5.62. The molecule has 2 heterocycles. The smallest absolute Gasteiger partial charge is 0.251 e. The molecule has 0 aromatic heterocycles. The molecule has 5 nitrogen and oxygen atoms in total. The summed E-state index contributed by atoms with van der Waals surface area (Å²) in [5, 5.41) is 9.92. The number of carbonyl (C=O) groups is 1. The predicted octanol–water partition coefficient (Wildman–Crippen LogP) is 7.96. The van der Waals surface area contributed by atoms with Crippen molar-refractivity contribution in [2.75, 3.05) is 13.1 Å². The lowest BCUT2D eigenvalue weighted by atomic mass is 9.72. The van der Waals surface area contributed by atoms with Gasteiger partial charge in [-0.1, -0.05) is 74.2 Å². The van der Waals surface area contributed by atoms with Gasteiger partial charge in [0.1, 0.15) is 11.6 Å². The number of allylic oxidation sites excluding steroid dienone is 3. The summed E-state index contributed by atoms with van der Waals surface area (Å²) >= 11 is 19.2. The summed E-state index contributed by atoms with van der Waals surface area (Å²) < 4.78 is 20.1. The van der Waals surface area contributed by atoms with Crippen LogP contribution in [-0.2, 0) is 4.74 Å². The molecule has 4 unspecified atom stereocenters. The first-order chi connectivity index (χ1) is 19.8. The highest BCUT2D eigenvalue weighted by atomic mass is 35.5. The van der Waals surface area contributed by atoms with Crippen LogP contribution in [0.3, 0.4) is 0 Å². The van der Waals surface area contributed by atoms with Crippen LogP contribution >= 0.6 is 34.8 Å². The van der Waals surface area contributed by atoms with E-state index in [1.54, 1.807) is 0 Å². The molecule has 3 aliphatic rings. The Morgan fingerprint density at radius 1 is 1.15 bits per heavy atom. The summed E-state index contributed by atoms with van der Waals surface area (Å²) in [6.07, 6.45) is 9.78. The van der Waals surface area contributed by atoms with Gasteiger partial charge >= 0.3 is 0 Å². The number of carbonyl (C=O) groups excluding carboxylic acids is 1. The number of ether oxygens (including phenoxy) is 1. The number of halogens is 4. The van der Waals surface area contributed by atoms with Crippen molar-refractivity contribution in [1.82, 2.24) is 16.0 Å². The molecule has 0 radical (unpaired) electrons. The van der Waals surface area contributed by atoms with Gasteiger partial charge in [-0.25, -0.2) is 4.39 Å². The van der Waals surface area contributed by atoms with Gasteiger partial charge in [0.05, 0.1) is 15.6 Å². The van der Waals surface area contributed by atoms with Gasteiger partial charge in [0.25, 0.3) is 5.91 Å². The van der Waals surface area contributed by atoms with E-state index in [0.29, 0.717) is 58.6 Å². The lowest BCUT2D eigenvalue weighted by Gasteiger charge is -2.36. The van der Waals surface area contributed by atoms with Gasteiger partial charge in [-0.15, -0.1) is 11.6 Å². The zero-order valence-electron chi connectivity index (χ0n) is 23.2. The predicted molar refractivity (Wildman–Crippen MR) is 164 cm³/mol. The van der Waals surface area contributed by atoms with Gasteiger partial charge in [-0.2, -0.15) is 0 Å². The molecule has 2 aliphatic heterocycles. The minimum atomic E-state index is -0.714. The minimum Gasteiger partial charge on any atom is -0.463 e. The van der Waals surface area contributed by atoms with Crippen LogP contribution < -0.4 is 16.0 Å². The third-order valence-electron chi connectivity index (χ3n) is 8.42. The first-order valence-corrected chi connectivity index (χ1v) is 15.4. The Kier molecular flexibility index (Phi) is 9.52. The van der Waals surface area contributed by atoms with Crippen molar-refractivity contribution in [1.29, 1.82) is 0 Å². The second-order valence-electron chi connectivity index (χ2n) is 10.8. The quantitative estimate of drug-likeness (QED) is 0.152. The van der Waals surface area contributed by atoms with E-state index < -0.39 is 12.0 Å². The normalized spacial score (nSPS) is 23.4. The van der Waals surface area contributed by atoms with Crippen molar-refractivity contribution < 1.29 is 13.9 Å². The fourth-order valence-electron chi connectivity index (χ4n) is 6.08. The van der Waals surface area contributed by atoms with Gasteiger partial charge in [0.15, 0.2) is 5.76 Å². The van der Waals surface area contributed by atoms with Gasteiger partial charge in [-0.05, 0) is 72.1 Å². The number of hydrogen-bond acceptors (Lipinski definition) is 4. The molecule has 1 amide bonds. The summed E-state index contributed by atoms with van der Waals surface area (Å²) in [5.74, 6) is 2.05. The van der Waals surface area contributed by atoms with E-state index in [2.05, 4.69) is 41.9 Å². The fraction of sp³-hybridized carbons (Fsp3) is 0.406. The van der Waals surface area contributed by atoms with Crippen LogP contribution in [0.25, 0.3) is 5.57 Å². The van der Waals surface area contributed by atoms with Crippen molar-refractivity contribution in [2.24, 2.45) is 17.8 Å². The number of amides is 1. The van der Waals surface area contributed by atoms with Crippen LogP contribution in [0.2, 0.25) is 10.0 Å². The summed E-state index contributed by atoms with van der Waals surface area (Å²) in [5.41, 5.74) is 2.90. The van der Waals surface area contributed by atoms with Crippen LogP contribution in [0.1, 0.15) is 67.2 Å². The van der Waals surface area contributed by atoms with Crippen molar-refractivity contribution in [3.63, 3.8) is 0 Å². The highest BCUT2D eigenvalue weighted by Gasteiger charge is 2.33. The van der Waals surface area contributed by atoms with Gasteiger partial charge in [-0.3, -0.25) is 4.79 Å². The van der Waals surface area contributed by atoms with Crippen molar-refractivity contribution in [3.05, 3.63) is 98.8 Å². The van der Waals surface area contributed by atoms with E-state index >= 15 is 0 Å². The molecule has 0 saturated heterocycles. The van der Waals surface area contributed by atoms with Crippen LogP contribution in [-0.4, -0.2) is 24.4 Å². The van der Waals surface area contributed by atoms with E-state index in [1.165, 1.54) is 12.1 Å². The zero-order valence-corrected chi connectivity index (χ0v) is 25.4. The fourth-order valence-corrected chi connectivity index (χ4v) is 7.05. The van der Waals surface area contributed by atoms with Crippen molar-refractivity contribution in [2.45, 2.75) is 51.1 Å². The molecule has 41 heavy (non-hydrogen) atoms. The Hall–Kier alpha value is -2.67. The van der Waals surface area contributed by atoms with Gasteiger partial charge < -0.3 is 20.7 Å². The minimum absolute atomic E-state index is 0.0723. The average molecular weight is 619 g/mol. The molecule has 5 rings (SSSR count). The highest BCUT2D eigenvalue weighted by Crippen LogP contribution is 2.40. The average Bonchev–Trinajstić information content (AvgIpc) is 3.40. The second kappa shape index (κ2) is 13.1. The maximum Gasteiger partial charge on any atom is 0.251 e. The Morgan fingerprint density at radius 2 is 1.90 bits per heavy atom. The SMILES string of the molecule is CCC(CC)C1C=CCC(Cl)C1CCNC(=O)c1ccc(C2=CC3=C(NC2)NC(c2c(Cl)ccc(F)c2Cl)O3)cc1. The number of dihydropyridines is 1. The third-order valence-corrected chi connectivity index (χ3v) is 9.64. The number of hydrogen-bond donors (Lipinski definition) is 3. The standard InChI is InChI=1S/C32H35Cl3FN3O2/c1-3-18(4-2)22-6-5-7-24(33)23(22)14-15-37-31(40)20-10-8-19(9-11-20)21-16-27-30(38-17-21)39-32(41-27)28-25(34)12-13-26(36)29(28)35/h5-6,8-13,16,18,22-24,32,38-39H,3-4,7,14-15,17H2,1-2H3,(H,37,40).